The standard InChI is InChI=1S/C17H28N2O/c1-2-3-11-19(16-8-5-4-6-9-16)14-17(13-18)10-7-12-20-15-17/h4-6,8-9H,2-3,7,10-15,18H2,1H3. The number of ether oxygens (including phenoxy) is 1. The van der Waals surface area contributed by atoms with Crippen LogP contribution in [0.2, 0.25) is 0 Å². The number of rotatable bonds is 7. The molecule has 1 atom stereocenters. The van der Waals surface area contributed by atoms with Crippen molar-refractivity contribution in [3.63, 3.8) is 0 Å². The van der Waals surface area contributed by atoms with Crippen molar-refractivity contribution in [1.29, 1.82) is 0 Å². The summed E-state index contributed by atoms with van der Waals surface area (Å²) in [5, 5.41) is 0. The van der Waals surface area contributed by atoms with E-state index in [4.69, 9.17) is 10.5 Å². The second kappa shape index (κ2) is 7.65. The molecule has 0 amide bonds. The molecule has 3 nitrogen and oxygen atoms in total. The molecule has 1 aromatic rings. The van der Waals surface area contributed by atoms with Crippen LogP contribution < -0.4 is 10.6 Å². The highest BCUT2D eigenvalue weighted by molar-refractivity contribution is 5.46. The summed E-state index contributed by atoms with van der Waals surface area (Å²) in [7, 11) is 0. The van der Waals surface area contributed by atoms with Crippen LogP contribution in [0.5, 0.6) is 0 Å². The predicted octanol–water partition coefficient (Wildman–Crippen LogP) is 3.05. The van der Waals surface area contributed by atoms with Gasteiger partial charge in [-0.15, -0.1) is 0 Å². The van der Waals surface area contributed by atoms with Gasteiger partial charge in [0.2, 0.25) is 0 Å². The number of benzene rings is 1. The molecule has 0 aliphatic carbocycles. The number of para-hydroxylation sites is 1. The minimum absolute atomic E-state index is 0.127. The minimum Gasteiger partial charge on any atom is -0.381 e. The summed E-state index contributed by atoms with van der Waals surface area (Å²) in [6.45, 7) is 6.75. The average Bonchev–Trinajstić information content (AvgIpc) is 2.53. The van der Waals surface area contributed by atoms with Crippen LogP contribution in [-0.2, 0) is 4.74 Å². The van der Waals surface area contributed by atoms with Gasteiger partial charge in [-0.05, 0) is 31.4 Å². The molecule has 1 heterocycles. The predicted molar refractivity (Wildman–Crippen MR) is 85.1 cm³/mol. The molecule has 1 aromatic carbocycles. The second-order valence-electron chi connectivity index (χ2n) is 5.97. The van der Waals surface area contributed by atoms with E-state index in [2.05, 4.69) is 42.2 Å². The van der Waals surface area contributed by atoms with Crippen molar-refractivity contribution in [3.05, 3.63) is 30.3 Å². The van der Waals surface area contributed by atoms with E-state index in [1.807, 2.05) is 0 Å². The first-order valence-corrected chi connectivity index (χ1v) is 7.87. The Morgan fingerprint density at radius 2 is 2.10 bits per heavy atom. The first-order chi connectivity index (χ1) is 9.79. The Morgan fingerprint density at radius 1 is 1.30 bits per heavy atom. The van der Waals surface area contributed by atoms with Gasteiger partial charge in [-0.25, -0.2) is 0 Å². The Labute approximate surface area is 123 Å². The fourth-order valence-electron chi connectivity index (χ4n) is 2.95. The lowest BCUT2D eigenvalue weighted by atomic mass is 9.82. The zero-order chi connectivity index (χ0) is 14.3. The van der Waals surface area contributed by atoms with E-state index < -0.39 is 0 Å². The lowest BCUT2D eigenvalue weighted by Crippen LogP contribution is -2.48. The smallest absolute Gasteiger partial charge is 0.0551 e. The quantitative estimate of drug-likeness (QED) is 0.832. The van der Waals surface area contributed by atoms with Gasteiger partial charge in [0.15, 0.2) is 0 Å². The van der Waals surface area contributed by atoms with Gasteiger partial charge in [-0.1, -0.05) is 31.5 Å². The number of hydrogen-bond donors (Lipinski definition) is 1. The van der Waals surface area contributed by atoms with Crippen molar-refractivity contribution in [3.8, 4) is 0 Å². The van der Waals surface area contributed by atoms with Gasteiger partial charge in [0, 0.05) is 37.3 Å². The maximum Gasteiger partial charge on any atom is 0.0551 e. The zero-order valence-corrected chi connectivity index (χ0v) is 12.7. The van der Waals surface area contributed by atoms with E-state index in [0.29, 0.717) is 6.54 Å². The van der Waals surface area contributed by atoms with Crippen LogP contribution >= 0.6 is 0 Å². The summed E-state index contributed by atoms with van der Waals surface area (Å²) in [4.78, 5) is 2.49. The van der Waals surface area contributed by atoms with Crippen LogP contribution in [0.4, 0.5) is 5.69 Å². The Hall–Kier alpha value is -1.06. The number of hydrogen-bond acceptors (Lipinski definition) is 3. The molecule has 112 valence electrons. The normalized spacial score (nSPS) is 22.7. The van der Waals surface area contributed by atoms with E-state index in [9.17, 15) is 0 Å². The Bertz CT molecular complexity index is 374. The van der Waals surface area contributed by atoms with E-state index >= 15 is 0 Å². The van der Waals surface area contributed by atoms with Crippen molar-refractivity contribution in [2.24, 2.45) is 11.1 Å². The Balaban J connectivity index is 2.10. The van der Waals surface area contributed by atoms with Crippen LogP contribution in [0, 0.1) is 5.41 Å². The molecule has 0 spiro atoms. The van der Waals surface area contributed by atoms with E-state index in [0.717, 1.165) is 32.7 Å². The van der Waals surface area contributed by atoms with Gasteiger partial charge in [0.05, 0.1) is 6.61 Å². The highest BCUT2D eigenvalue weighted by atomic mass is 16.5. The summed E-state index contributed by atoms with van der Waals surface area (Å²) in [5.41, 5.74) is 7.52. The molecule has 1 unspecified atom stereocenters. The van der Waals surface area contributed by atoms with Gasteiger partial charge in [-0.2, -0.15) is 0 Å². The number of unbranched alkanes of at least 4 members (excludes halogenated alkanes) is 1. The molecular formula is C17H28N2O. The molecular weight excluding hydrogens is 248 g/mol. The molecule has 0 bridgehead atoms. The lowest BCUT2D eigenvalue weighted by molar-refractivity contribution is 0.00117. The van der Waals surface area contributed by atoms with E-state index in [-0.39, 0.29) is 5.41 Å². The third-order valence-electron chi connectivity index (χ3n) is 4.27. The second-order valence-corrected chi connectivity index (χ2v) is 5.97. The van der Waals surface area contributed by atoms with Gasteiger partial charge >= 0.3 is 0 Å². The molecule has 2 rings (SSSR count). The van der Waals surface area contributed by atoms with Crippen molar-refractivity contribution in [2.45, 2.75) is 32.6 Å². The van der Waals surface area contributed by atoms with Crippen LogP contribution in [0.3, 0.4) is 0 Å². The van der Waals surface area contributed by atoms with Crippen LogP contribution in [0.25, 0.3) is 0 Å². The minimum atomic E-state index is 0.127. The third-order valence-corrected chi connectivity index (χ3v) is 4.27. The average molecular weight is 276 g/mol. The number of anilines is 1. The third kappa shape index (κ3) is 3.97. The van der Waals surface area contributed by atoms with Crippen molar-refractivity contribution >= 4 is 5.69 Å². The fourth-order valence-corrected chi connectivity index (χ4v) is 2.95. The SMILES string of the molecule is CCCCN(CC1(CN)CCCOC1)c1ccccc1. The largest absolute Gasteiger partial charge is 0.381 e. The molecule has 2 N–H and O–H groups in total. The van der Waals surface area contributed by atoms with Gasteiger partial charge in [-0.3, -0.25) is 0 Å². The molecule has 0 radical (unpaired) electrons. The lowest BCUT2D eigenvalue weighted by Gasteiger charge is -2.41. The molecule has 1 saturated heterocycles. The fraction of sp³-hybridized carbons (Fsp3) is 0.647. The molecule has 20 heavy (non-hydrogen) atoms. The van der Waals surface area contributed by atoms with E-state index in [1.54, 1.807) is 0 Å². The number of nitrogens with two attached hydrogens (primary N) is 1. The van der Waals surface area contributed by atoms with Gasteiger partial charge in [0.1, 0.15) is 0 Å². The van der Waals surface area contributed by atoms with E-state index in [1.165, 1.54) is 24.9 Å². The Morgan fingerprint density at radius 3 is 2.70 bits per heavy atom. The first-order valence-electron chi connectivity index (χ1n) is 7.87. The number of nitrogens with zero attached hydrogens (tertiary/aromatic N) is 1. The molecule has 1 aliphatic heterocycles. The van der Waals surface area contributed by atoms with Crippen LogP contribution in [0.1, 0.15) is 32.6 Å². The summed E-state index contributed by atoms with van der Waals surface area (Å²) < 4.78 is 5.71. The van der Waals surface area contributed by atoms with Crippen molar-refractivity contribution < 1.29 is 4.74 Å². The summed E-state index contributed by atoms with van der Waals surface area (Å²) >= 11 is 0. The maximum absolute atomic E-state index is 6.09. The molecule has 1 aliphatic rings. The monoisotopic (exact) mass is 276 g/mol. The van der Waals surface area contributed by atoms with Crippen molar-refractivity contribution in [2.75, 3.05) is 37.7 Å². The molecule has 0 saturated carbocycles. The Kier molecular flexibility index (Phi) is 5.86. The summed E-state index contributed by atoms with van der Waals surface area (Å²) in [5.74, 6) is 0. The highest BCUT2D eigenvalue weighted by Gasteiger charge is 2.33. The summed E-state index contributed by atoms with van der Waals surface area (Å²) in [6, 6.07) is 10.7. The van der Waals surface area contributed by atoms with Crippen molar-refractivity contribution in [1.82, 2.24) is 0 Å². The van der Waals surface area contributed by atoms with Crippen LogP contribution in [0.15, 0.2) is 30.3 Å². The highest BCUT2D eigenvalue weighted by Crippen LogP contribution is 2.30. The molecule has 1 fully saturated rings. The molecule has 0 aromatic heterocycles. The first kappa shape index (κ1) is 15.3. The maximum atomic E-state index is 6.09. The molecule has 3 heteroatoms. The topological polar surface area (TPSA) is 38.5 Å². The zero-order valence-electron chi connectivity index (χ0n) is 12.7. The van der Waals surface area contributed by atoms with Gasteiger partial charge < -0.3 is 15.4 Å². The van der Waals surface area contributed by atoms with Crippen LogP contribution in [-0.4, -0.2) is 32.8 Å². The summed E-state index contributed by atoms with van der Waals surface area (Å²) in [6.07, 6.45) is 4.75. The van der Waals surface area contributed by atoms with Gasteiger partial charge in [0.25, 0.3) is 0 Å².